The highest BCUT2D eigenvalue weighted by Crippen LogP contribution is 2.25. The van der Waals surface area contributed by atoms with Crippen molar-refractivity contribution in [3.63, 3.8) is 0 Å². The van der Waals surface area contributed by atoms with Crippen molar-refractivity contribution in [1.82, 2.24) is 4.98 Å². The summed E-state index contributed by atoms with van der Waals surface area (Å²) in [7, 11) is 1.80. The largest absolute Gasteiger partial charge is 0.397 e. The quantitative estimate of drug-likeness (QED) is 0.927. The molecule has 0 spiro atoms. The van der Waals surface area contributed by atoms with Gasteiger partial charge in [0.1, 0.15) is 11.6 Å². The average molecular weight is 266 g/mol. The molecule has 1 heterocycles. The Bertz CT molecular complexity index is 560. The zero-order valence-electron chi connectivity index (χ0n) is 9.90. The van der Waals surface area contributed by atoms with Crippen molar-refractivity contribution in [3.8, 4) is 0 Å². The van der Waals surface area contributed by atoms with Gasteiger partial charge in [-0.15, -0.1) is 0 Å². The van der Waals surface area contributed by atoms with Crippen LogP contribution >= 0.6 is 11.6 Å². The third-order valence-corrected chi connectivity index (χ3v) is 2.85. The van der Waals surface area contributed by atoms with E-state index in [1.54, 1.807) is 36.2 Å². The molecule has 0 aliphatic rings. The molecule has 3 nitrogen and oxygen atoms in total. The predicted octanol–water partition coefficient (Wildman–Crippen LogP) is 3.09. The second kappa shape index (κ2) is 5.23. The highest BCUT2D eigenvalue weighted by atomic mass is 35.5. The first kappa shape index (κ1) is 12.6. The number of rotatable bonds is 3. The fraction of sp³-hybridized carbons (Fsp3) is 0.154. The maximum Gasteiger partial charge on any atom is 0.147 e. The molecule has 0 amide bonds. The van der Waals surface area contributed by atoms with Crippen molar-refractivity contribution >= 4 is 23.1 Å². The molecule has 18 heavy (non-hydrogen) atoms. The number of halogens is 2. The lowest BCUT2D eigenvalue weighted by molar-refractivity contribution is 0.607. The molecule has 0 unspecified atom stereocenters. The molecule has 0 saturated heterocycles. The summed E-state index contributed by atoms with van der Waals surface area (Å²) in [5, 5.41) is 0.453. The van der Waals surface area contributed by atoms with Gasteiger partial charge in [0, 0.05) is 19.2 Å². The summed E-state index contributed by atoms with van der Waals surface area (Å²) >= 11 is 6.05. The molecule has 2 rings (SSSR count). The van der Waals surface area contributed by atoms with E-state index in [0.29, 0.717) is 28.6 Å². The molecule has 1 aromatic carbocycles. The molecule has 2 aromatic rings. The number of aromatic nitrogens is 1. The Balaban J connectivity index is 2.22. The third kappa shape index (κ3) is 2.71. The summed E-state index contributed by atoms with van der Waals surface area (Å²) < 4.78 is 13.5. The molecule has 0 aliphatic carbocycles. The number of anilines is 2. The Morgan fingerprint density at radius 1 is 1.39 bits per heavy atom. The predicted molar refractivity (Wildman–Crippen MR) is 72.2 cm³/mol. The van der Waals surface area contributed by atoms with Crippen LogP contribution in [0.1, 0.15) is 5.56 Å². The molecule has 0 radical (unpaired) electrons. The van der Waals surface area contributed by atoms with Crippen LogP contribution in [0.3, 0.4) is 0 Å². The summed E-state index contributed by atoms with van der Waals surface area (Å²) in [6, 6.07) is 8.25. The summed E-state index contributed by atoms with van der Waals surface area (Å²) in [4.78, 5) is 5.93. The Hall–Kier alpha value is -1.81. The minimum atomic E-state index is -0.240. The number of nitrogen functional groups attached to an aromatic ring is 1. The Kier molecular flexibility index (Phi) is 3.67. The molecule has 94 valence electrons. The third-order valence-electron chi connectivity index (χ3n) is 2.57. The van der Waals surface area contributed by atoms with Crippen LogP contribution in [0.25, 0.3) is 0 Å². The summed E-state index contributed by atoms with van der Waals surface area (Å²) in [5.74, 6) is 0.338. The van der Waals surface area contributed by atoms with Crippen molar-refractivity contribution < 1.29 is 4.39 Å². The van der Waals surface area contributed by atoms with Gasteiger partial charge in [-0.1, -0.05) is 29.8 Å². The lowest BCUT2D eigenvalue weighted by Crippen LogP contribution is -2.19. The monoisotopic (exact) mass is 265 g/mol. The first-order valence-corrected chi connectivity index (χ1v) is 5.81. The Morgan fingerprint density at radius 2 is 2.11 bits per heavy atom. The number of pyridine rings is 1. The first-order chi connectivity index (χ1) is 8.58. The zero-order valence-corrected chi connectivity index (χ0v) is 10.7. The van der Waals surface area contributed by atoms with Crippen molar-refractivity contribution in [3.05, 3.63) is 52.9 Å². The minimum Gasteiger partial charge on any atom is -0.397 e. The van der Waals surface area contributed by atoms with E-state index in [1.165, 1.54) is 12.3 Å². The fourth-order valence-electron chi connectivity index (χ4n) is 1.68. The number of hydrogen-bond donors (Lipinski definition) is 1. The second-order valence-corrected chi connectivity index (χ2v) is 4.43. The van der Waals surface area contributed by atoms with Gasteiger partial charge >= 0.3 is 0 Å². The van der Waals surface area contributed by atoms with E-state index in [-0.39, 0.29) is 5.82 Å². The highest BCUT2D eigenvalue weighted by molar-refractivity contribution is 6.33. The second-order valence-electron chi connectivity index (χ2n) is 4.02. The van der Waals surface area contributed by atoms with E-state index in [2.05, 4.69) is 4.98 Å². The topological polar surface area (TPSA) is 42.2 Å². The van der Waals surface area contributed by atoms with Gasteiger partial charge in [0.05, 0.1) is 16.9 Å². The zero-order chi connectivity index (χ0) is 13.1. The van der Waals surface area contributed by atoms with Crippen molar-refractivity contribution in [1.29, 1.82) is 0 Å². The molecular weight excluding hydrogens is 253 g/mol. The maximum absolute atomic E-state index is 13.5. The molecule has 0 bridgehead atoms. The van der Waals surface area contributed by atoms with Crippen molar-refractivity contribution in [2.24, 2.45) is 0 Å². The standard InChI is InChI=1S/C13H13ClFN3/c1-18(8-9-4-2-3-5-12(9)15)13-11(14)6-10(16)7-17-13/h2-7H,8,16H2,1H3. The van der Waals surface area contributed by atoms with Gasteiger partial charge < -0.3 is 10.6 Å². The summed E-state index contributed by atoms with van der Waals surface area (Å²) in [6.07, 6.45) is 1.53. The summed E-state index contributed by atoms with van der Waals surface area (Å²) in [6.45, 7) is 0.392. The smallest absolute Gasteiger partial charge is 0.147 e. The van der Waals surface area contributed by atoms with Crippen LogP contribution in [0.2, 0.25) is 5.02 Å². The van der Waals surface area contributed by atoms with E-state index < -0.39 is 0 Å². The average Bonchev–Trinajstić information content (AvgIpc) is 2.32. The van der Waals surface area contributed by atoms with Crippen molar-refractivity contribution in [2.45, 2.75) is 6.54 Å². The van der Waals surface area contributed by atoms with Gasteiger partial charge in [-0.2, -0.15) is 0 Å². The van der Waals surface area contributed by atoms with E-state index in [0.717, 1.165) is 0 Å². The minimum absolute atomic E-state index is 0.240. The van der Waals surface area contributed by atoms with Crippen LogP contribution in [0, 0.1) is 5.82 Å². The van der Waals surface area contributed by atoms with E-state index in [9.17, 15) is 4.39 Å². The molecule has 0 fully saturated rings. The fourth-order valence-corrected chi connectivity index (χ4v) is 2.00. The number of benzene rings is 1. The molecule has 0 aliphatic heterocycles. The molecule has 0 saturated carbocycles. The SMILES string of the molecule is CN(Cc1ccccc1F)c1ncc(N)cc1Cl. The Labute approximate surface area is 110 Å². The van der Waals surface area contributed by atoms with Crippen LogP contribution in [-0.2, 0) is 6.54 Å². The van der Waals surface area contributed by atoms with Gasteiger partial charge in [-0.05, 0) is 12.1 Å². The van der Waals surface area contributed by atoms with Gasteiger partial charge in [0.15, 0.2) is 0 Å². The first-order valence-electron chi connectivity index (χ1n) is 5.43. The molecule has 2 N–H and O–H groups in total. The van der Waals surface area contributed by atoms with Crippen LogP contribution in [-0.4, -0.2) is 12.0 Å². The van der Waals surface area contributed by atoms with Crippen LogP contribution in [0.4, 0.5) is 15.9 Å². The van der Waals surface area contributed by atoms with E-state index in [4.69, 9.17) is 17.3 Å². The van der Waals surface area contributed by atoms with E-state index in [1.807, 2.05) is 0 Å². The maximum atomic E-state index is 13.5. The van der Waals surface area contributed by atoms with Gasteiger partial charge in [0.25, 0.3) is 0 Å². The van der Waals surface area contributed by atoms with E-state index >= 15 is 0 Å². The Morgan fingerprint density at radius 3 is 2.78 bits per heavy atom. The van der Waals surface area contributed by atoms with Crippen LogP contribution in [0.15, 0.2) is 36.5 Å². The number of nitrogens with zero attached hydrogens (tertiary/aromatic N) is 2. The van der Waals surface area contributed by atoms with Crippen molar-refractivity contribution in [2.75, 3.05) is 17.7 Å². The molecule has 5 heteroatoms. The molecule has 0 atom stereocenters. The number of nitrogens with two attached hydrogens (primary N) is 1. The lowest BCUT2D eigenvalue weighted by Gasteiger charge is -2.19. The van der Waals surface area contributed by atoms with Gasteiger partial charge in [0.2, 0.25) is 0 Å². The molecular formula is C13H13ClFN3. The molecule has 1 aromatic heterocycles. The summed E-state index contributed by atoms with van der Waals surface area (Å²) in [5.41, 5.74) is 6.67. The number of hydrogen-bond acceptors (Lipinski definition) is 3. The highest BCUT2D eigenvalue weighted by Gasteiger charge is 2.10. The van der Waals surface area contributed by atoms with Gasteiger partial charge in [-0.25, -0.2) is 9.37 Å². The van der Waals surface area contributed by atoms with Crippen LogP contribution < -0.4 is 10.6 Å². The van der Waals surface area contributed by atoms with Gasteiger partial charge in [-0.3, -0.25) is 0 Å². The normalized spacial score (nSPS) is 10.4. The van der Waals surface area contributed by atoms with Crippen LogP contribution in [0.5, 0.6) is 0 Å². The lowest BCUT2D eigenvalue weighted by atomic mass is 10.2.